The van der Waals surface area contributed by atoms with Gasteiger partial charge in [0.25, 0.3) is 0 Å². The fourth-order valence-electron chi connectivity index (χ4n) is 1.51. The lowest BCUT2D eigenvalue weighted by atomic mass is 10.1. The minimum Gasteiger partial charge on any atom is -0.472 e. The van der Waals surface area contributed by atoms with Crippen molar-refractivity contribution in [3.05, 3.63) is 24.2 Å². The molecule has 78 valence electrons. The second-order valence-electron chi connectivity index (χ2n) is 3.39. The van der Waals surface area contributed by atoms with E-state index in [0.717, 1.165) is 23.7 Å². The standard InChI is InChI=1S/C10H14O3S/c11-9(5-8-1-2-12-6-8)10-7-14-4-3-13-10/h1-2,6,9-11H,3-5,7H2. The number of aliphatic hydroxyl groups excluding tert-OH is 1. The summed E-state index contributed by atoms with van der Waals surface area (Å²) in [5, 5.41) is 9.87. The molecule has 2 rings (SSSR count). The van der Waals surface area contributed by atoms with Crippen molar-refractivity contribution in [3.8, 4) is 0 Å². The van der Waals surface area contributed by atoms with Gasteiger partial charge in [0, 0.05) is 17.9 Å². The average Bonchev–Trinajstić information content (AvgIpc) is 2.72. The summed E-state index contributed by atoms with van der Waals surface area (Å²) >= 11 is 1.84. The van der Waals surface area contributed by atoms with Crippen LogP contribution in [0.1, 0.15) is 5.56 Å². The highest BCUT2D eigenvalue weighted by atomic mass is 32.2. The average molecular weight is 214 g/mol. The van der Waals surface area contributed by atoms with Crippen molar-refractivity contribution in [1.82, 2.24) is 0 Å². The fraction of sp³-hybridized carbons (Fsp3) is 0.600. The molecule has 0 radical (unpaired) electrons. The molecule has 1 N–H and O–H groups in total. The zero-order valence-electron chi connectivity index (χ0n) is 7.89. The van der Waals surface area contributed by atoms with E-state index in [2.05, 4.69) is 0 Å². The third-order valence-corrected chi connectivity index (χ3v) is 3.32. The zero-order valence-corrected chi connectivity index (χ0v) is 8.70. The number of hydrogen-bond donors (Lipinski definition) is 1. The molecule has 1 saturated heterocycles. The Kier molecular flexibility index (Phi) is 3.50. The van der Waals surface area contributed by atoms with Crippen molar-refractivity contribution in [2.24, 2.45) is 0 Å². The Bertz CT molecular complexity index is 254. The Hall–Kier alpha value is -0.450. The van der Waals surface area contributed by atoms with Gasteiger partial charge in [-0.1, -0.05) is 0 Å². The summed E-state index contributed by atoms with van der Waals surface area (Å²) in [6.07, 6.45) is 3.46. The third-order valence-electron chi connectivity index (χ3n) is 2.30. The van der Waals surface area contributed by atoms with Gasteiger partial charge in [0.05, 0.1) is 31.3 Å². The van der Waals surface area contributed by atoms with E-state index in [9.17, 15) is 5.11 Å². The van der Waals surface area contributed by atoms with Crippen molar-refractivity contribution >= 4 is 11.8 Å². The largest absolute Gasteiger partial charge is 0.472 e. The maximum atomic E-state index is 9.87. The lowest BCUT2D eigenvalue weighted by Crippen LogP contribution is -2.36. The van der Waals surface area contributed by atoms with Gasteiger partial charge in [0.15, 0.2) is 0 Å². The van der Waals surface area contributed by atoms with Crippen molar-refractivity contribution in [2.75, 3.05) is 18.1 Å². The number of hydrogen-bond acceptors (Lipinski definition) is 4. The van der Waals surface area contributed by atoms with Gasteiger partial charge in [0.1, 0.15) is 0 Å². The molecular weight excluding hydrogens is 200 g/mol. The van der Waals surface area contributed by atoms with Gasteiger partial charge in [-0.2, -0.15) is 11.8 Å². The molecule has 1 aliphatic heterocycles. The van der Waals surface area contributed by atoms with Gasteiger partial charge in [-0.25, -0.2) is 0 Å². The highest BCUT2D eigenvalue weighted by molar-refractivity contribution is 7.99. The van der Waals surface area contributed by atoms with Gasteiger partial charge < -0.3 is 14.3 Å². The molecule has 2 atom stereocenters. The van der Waals surface area contributed by atoms with Gasteiger partial charge in [-0.15, -0.1) is 0 Å². The molecule has 0 aliphatic carbocycles. The van der Waals surface area contributed by atoms with Crippen LogP contribution in [0.15, 0.2) is 23.0 Å². The van der Waals surface area contributed by atoms with Crippen LogP contribution in [0.4, 0.5) is 0 Å². The Morgan fingerprint density at radius 2 is 2.57 bits per heavy atom. The predicted molar refractivity (Wildman–Crippen MR) is 55.5 cm³/mol. The first-order valence-corrected chi connectivity index (χ1v) is 5.90. The summed E-state index contributed by atoms with van der Waals surface area (Å²) in [6.45, 7) is 0.748. The van der Waals surface area contributed by atoms with E-state index in [0.29, 0.717) is 6.42 Å². The quantitative estimate of drug-likeness (QED) is 0.824. The third kappa shape index (κ3) is 2.53. The molecule has 1 fully saturated rings. The van der Waals surface area contributed by atoms with Crippen molar-refractivity contribution in [1.29, 1.82) is 0 Å². The smallest absolute Gasteiger partial charge is 0.0935 e. The number of aliphatic hydroxyl groups is 1. The van der Waals surface area contributed by atoms with E-state index in [1.807, 2.05) is 17.8 Å². The van der Waals surface area contributed by atoms with Gasteiger partial charge in [-0.3, -0.25) is 0 Å². The molecule has 1 aromatic heterocycles. The fourth-order valence-corrected chi connectivity index (χ4v) is 2.44. The number of furan rings is 1. The molecule has 4 heteroatoms. The summed E-state index contributed by atoms with van der Waals surface area (Å²) in [5.74, 6) is 1.92. The van der Waals surface area contributed by atoms with E-state index in [4.69, 9.17) is 9.15 Å². The molecule has 1 aromatic rings. The SMILES string of the molecule is OC(Cc1ccoc1)C1CSCCO1. The Labute approximate surface area is 87.4 Å². The minimum atomic E-state index is -0.416. The predicted octanol–water partition coefficient (Wildman–Crippen LogP) is 1.31. The maximum Gasteiger partial charge on any atom is 0.0935 e. The molecule has 0 amide bonds. The van der Waals surface area contributed by atoms with Crippen molar-refractivity contribution in [2.45, 2.75) is 18.6 Å². The second kappa shape index (κ2) is 4.87. The second-order valence-corrected chi connectivity index (χ2v) is 4.54. The van der Waals surface area contributed by atoms with Crippen LogP contribution in [0.2, 0.25) is 0 Å². The van der Waals surface area contributed by atoms with E-state index < -0.39 is 6.10 Å². The summed E-state index contributed by atoms with van der Waals surface area (Å²) in [6, 6.07) is 1.87. The molecule has 2 unspecified atom stereocenters. The number of thioether (sulfide) groups is 1. The van der Waals surface area contributed by atoms with Crippen LogP contribution in [0.3, 0.4) is 0 Å². The van der Waals surface area contributed by atoms with E-state index in [1.165, 1.54) is 0 Å². The summed E-state index contributed by atoms with van der Waals surface area (Å²) in [4.78, 5) is 0. The topological polar surface area (TPSA) is 42.6 Å². The summed E-state index contributed by atoms with van der Waals surface area (Å²) in [7, 11) is 0. The molecule has 14 heavy (non-hydrogen) atoms. The summed E-state index contributed by atoms with van der Waals surface area (Å²) < 4.78 is 10.4. The first kappa shape index (κ1) is 10.1. The lowest BCUT2D eigenvalue weighted by Gasteiger charge is -2.26. The van der Waals surface area contributed by atoms with Crippen LogP contribution < -0.4 is 0 Å². The van der Waals surface area contributed by atoms with E-state index in [-0.39, 0.29) is 6.10 Å². The molecule has 0 spiro atoms. The Morgan fingerprint density at radius 3 is 3.21 bits per heavy atom. The number of rotatable bonds is 3. The summed E-state index contributed by atoms with van der Waals surface area (Å²) in [5.41, 5.74) is 1.02. The molecule has 2 heterocycles. The van der Waals surface area contributed by atoms with Crippen molar-refractivity contribution < 1.29 is 14.3 Å². The van der Waals surface area contributed by atoms with Gasteiger partial charge in [-0.05, 0) is 11.6 Å². The van der Waals surface area contributed by atoms with Gasteiger partial charge >= 0.3 is 0 Å². The monoisotopic (exact) mass is 214 g/mol. The first-order chi connectivity index (χ1) is 6.86. The normalized spacial score (nSPS) is 24.8. The van der Waals surface area contributed by atoms with Crippen LogP contribution in [0, 0.1) is 0 Å². The first-order valence-electron chi connectivity index (χ1n) is 4.75. The molecule has 1 aliphatic rings. The van der Waals surface area contributed by atoms with Crippen LogP contribution >= 0.6 is 11.8 Å². The van der Waals surface area contributed by atoms with E-state index in [1.54, 1.807) is 12.5 Å². The van der Waals surface area contributed by atoms with Crippen LogP contribution in [-0.4, -0.2) is 35.4 Å². The Morgan fingerprint density at radius 1 is 1.64 bits per heavy atom. The molecular formula is C10H14O3S. The molecule has 0 aromatic carbocycles. The molecule has 0 saturated carbocycles. The van der Waals surface area contributed by atoms with E-state index >= 15 is 0 Å². The minimum absolute atomic E-state index is 0.0244. The molecule has 3 nitrogen and oxygen atoms in total. The highest BCUT2D eigenvalue weighted by Crippen LogP contribution is 2.18. The number of ether oxygens (including phenoxy) is 1. The van der Waals surface area contributed by atoms with Crippen LogP contribution in [0.25, 0.3) is 0 Å². The van der Waals surface area contributed by atoms with Crippen molar-refractivity contribution in [3.63, 3.8) is 0 Å². The highest BCUT2D eigenvalue weighted by Gasteiger charge is 2.23. The van der Waals surface area contributed by atoms with Gasteiger partial charge in [0.2, 0.25) is 0 Å². The maximum absolute atomic E-state index is 9.87. The van der Waals surface area contributed by atoms with Crippen LogP contribution in [-0.2, 0) is 11.2 Å². The van der Waals surface area contributed by atoms with Crippen LogP contribution in [0.5, 0.6) is 0 Å². The Balaban J connectivity index is 1.85. The lowest BCUT2D eigenvalue weighted by molar-refractivity contribution is -0.0208. The zero-order chi connectivity index (χ0) is 9.80. The molecule has 0 bridgehead atoms.